The summed E-state index contributed by atoms with van der Waals surface area (Å²) in [5, 5.41) is 0. The van der Waals surface area contributed by atoms with Crippen LogP contribution in [0.1, 0.15) is 94.0 Å². The van der Waals surface area contributed by atoms with Crippen LogP contribution in [0.4, 0.5) is 0 Å². The van der Waals surface area contributed by atoms with Gasteiger partial charge in [-0.05, 0) is 134 Å². The lowest BCUT2D eigenvalue weighted by Gasteiger charge is -2.71. The molecule has 6 saturated carbocycles. The van der Waals surface area contributed by atoms with E-state index in [4.69, 9.17) is 9.31 Å². The smallest absolute Gasteiger partial charge is 0.399 e. The van der Waals surface area contributed by atoms with Gasteiger partial charge in [-0.15, -0.1) is 0 Å². The highest BCUT2D eigenvalue weighted by Crippen LogP contribution is 2.74. The van der Waals surface area contributed by atoms with Crippen molar-refractivity contribution >= 4 is 12.6 Å². The number of aryl methyl sites for hydroxylation is 1. The van der Waals surface area contributed by atoms with E-state index < -0.39 is 0 Å². The lowest BCUT2D eigenvalue weighted by Crippen LogP contribution is -2.67. The van der Waals surface area contributed by atoms with Crippen LogP contribution >= 0.6 is 0 Å². The Hall–Kier alpha value is -3.14. The van der Waals surface area contributed by atoms with E-state index in [2.05, 4.69) is 132 Å². The van der Waals surface area contributed by atoms with Crippen molar-refractivity contribution in [2.24, 2.45) is 0 Å². The van der Waals surface area contributed by atoms with Crippen molar-refractivity contribution in [1.29, 1.82) is 0 Å². The Morgan fingerprint density at radius 1 is 0.432 bits per heavy atom. The summed E-state index contributed by atoms with van der Waals surface area (Å²) < 4.78 is 12.5. The van der Waals surface area contributed by atoms with E-state index in [1.807, 2.05) is 0 Å². The highest BCUT2D eigenvalue weighted by molar-refractivity contribution is 6.62. The fourth-order valence-electron chi connectivity index (χ4n) is 9.71. The highest BCUT2D eigenvalue weighted by atomic mass is 16.7. The van der Waals surface area contributed by atoms with Crippen molar-refractivity contribution in [3.05, 3.63) is 125 Å². The fourth-order valence-corrected chi connectivity index (χ4v) is 9.71. The van der Waals surface area contributed by atoms with Gasteiger partial charge >= 0.3 is 7.12 Å². The molecule has 0 unspecified atom stereocenters. The molecule has 2 nitrogen and oxygen atoms in total. The third kappa shape index (κ3) is 3.63. The van der Waals surface area contributed by atoms with Crippen LogP contribution in [0.3, 0.4) is 0 Å². The monoisotopic (exact) mass is 578 g/mol. The van der Waals surface area contributed by atoms with Crippen LogP contribution in [0.15, 0.2) is 97.1 Å². The first-order chi connectivity index (χ1) is 20.9. The van der Waals surface area contributed by atoms with Crippen molar-refractivity contribution in [3.8, 4) is 11.1 Å². The summed E-state index contributed by atoms with van der Waals surface area (Å²) in [7, 11) is -0.289. The molecule has 1 saturated heterocycles. The summed E-state index contributed by atoms with van der Waals surface area (Å²) in [4.78, 5) is 0. The molecule has 222 valence electrons. The lowest BCUT2D eigenvalue weighted by atomic mass is 9.32. The Kier molecular flexibility index (Phi) is 5.29. The Bertz CT molecular complexity index is 1710. The van der Waals surface area contributed by atoms with E-state index >= 15 is 0 Å². The van der Waals surface area contributed by atoms with Crippen molar-refractivity contribution in [3.63, 3.8) is 0 Å². The average Bonchev–Trinajstić information content (AvgIpc) is 3.14. The predicted molar refractivity (Wildman–Crippen MR) is 180 cm³/mol. The average molecular weight is 579 g/mol. The Labute approximate surface area is 263 Å². The first kappa shape index (κ1) is 27.2. The molecule has 0 aromatic heterocycles. The molecule has 4 aromatic rings. The molecule has 4 bridgehead atoms. The molecule has 6 aliphatic carbocycles. The topological polar surface area (TPSA) is 18.5 Å². The number of benzene rings is 4. The van der Waals surface area contributed by atoms with E-state index in [-0.39, 0.29) is 18.3 Å². The van der Waals surface area contributed by atoms with Crippen LogP contribution in [-0.4, -0.2) is 18.3 Å². The molecule has 3 heteroatoms. The second kappa shape index (κ2) is 8.56. The van der Waals surface area contributed by atoms with Gasteiger partial charge in [-0.1, -0.05) is 103 Å². The highest BCUT2D eigenvalue weighted by Gasteiger charge is 2.69. The minimum atomic E-state index is -0.308. The van der Waals surface area contributed by atoms with Crippen LogP contribution in [0.2, 0.25) is 0 Å². The van der Waals surface area contributed by atoms with Crippen LogP contribution in [0, 0.1) is 6.92 Å². The lowest BCUT2D eigenvalue weighted by molar-refractivity contribution is -0.0694. The second-order valence-electron chi connectivity index (χ2n) is 16.4. The summed E-state index contributed by atoms with van der Waals surface area (Å²) >= 11 is 0. The summed E-state index contributed by atoms with van der Waals surface area (Å²) in [6.45, 7) is 10.6. The zero-order valence-corrected chi connectivity index (χ0v) is 26.9. The second-order valence-corrected chi connectivity index (χ2v) is 16.4. The SMILES string of the molecule is Cc1ccc(C23CC(c4ccc(-c5ccc(C67CC(c8ccc(B9OC(C)(C)C(C)(C)O9)cc8)(C6)C7)cc5)cc4)(C2)C3)cc1. The Balaban J connectivity index is 0.833. The maximum Gasteiger partial charge on any atom is 0.494 e. The molecule has 0 amide bonds. The van der Waals surface area contributed by atoms with Gasteiger partial charge in [0.1, 0.15) is 0 Å². The molecule has 4 aromatic carbocycles. The minimum Gasteiger partial charge on any atom is -0.399 e. The van der Waals surface area contributed by atoms with Crippen molar-refractivity contribution in [2.45, 2.75) is 106 Å². The zero-order chi connectivity index (χ0) is 30.2. The van der Waals surface area contributed by atoms with Crippen molar-refractivity contribution in [2.75, 3.05) is 0 Å². The van der Waals surface area contributed by atoms with Gasteiger partial charge in [0.05, 0.1) is 11.2 Å². The van der Waals surface area contributed by atoms with E-state index in [1.165, 1.54) is 71.9 Å². The summed E-state index contributed by atoms with van der Waals surface area (Å²) in [5.41, 5.74) is 12.2. The minimum absolute atomic E-state index is 0.289. The molecule has 44 heavy (non-hydrogen) atoms. The van der Waals surface area contributed by atoms with Gasteiger partial charge < -0.3 is 9.31 Å². The molecule has 0 N–H and O–H groups in total. The molecule has 1 heterocycles. The maximum absolute atomic E-state index is 6.27. The summed E-state index contributed by atoms with van der Waals surface area (Å²) in [6, 6.07) is 37.4. The molecule has 7 aliphatic rings. The molecular weight excluding hydrogens is 535 g/mol. The summed E-state index contributed by atoms with van der Waals surface area (Å²) in [6.07, 6.45) is 7.71. The zero-order valence-electron chi connectivity index (χ0n) is 26.9. The van der Waals surface area contributed by atoms with Gasteiger partial charge in [-0.3, -0.25) is 0 Å². The third-order valence-corrected chi connectivity index (χ3v) is 13.1. The fraction of sp³-hybridized carbons (Fsp3) is 0.415. The van der Waals surface area contributed by atoms with E-state index in [0.29, 0.717) is 21.7 Å². The molecular formula is C41H43BO2. The standard InChI is InChI=1S/C41H43BO2/c1-28-6-12-31(13-7-28)38-22-39(23-38,24-38)32-14-8-29(9-15-32)30-10-16-33(17-11-30)40-25-41(26-40,27-40)34-18-20-35(21-19-34)42-43-36(2,3)37(4,5)44-42/h6-21H,22-27H2,1-5H3. The molecule has 0 radical (unpaired) electrons. The van der Waals surface area contributed by atoms with Crippen LogP contribution in [0.5, 0.6) is 0 Å². The quantitative estimate of drug-likeness (QED) is 0.213. The molecule has 0 atom stereocenters. The first-order valence-electron chi connectivity index (χ1n) is 16.7. The van der Waals surface area contributed by atoms with Crippen molar-refractivity contribution < 1.29 is 9.31 Å². The third-order valence-electron chi connectivity index (χ3n) is 13.1. The van der Waals surface area contributed by atoms with Gasteiger partial charge in [-0.2, -0.15) is 0 Å². The van der Waals surface area contributed by atoms with Crippen LogP contribution in [0.25, 0.3) is 11.1 Å². The van der Waals surface area contributed by atoms with Crippen LogP contribution in [-0.2, 0) is 31.0 Å². The van der Waals surface area contributed by atoms with Gasteiger partial charge in [0.15, 0.2) is 0 Å². The van der Waals surface area contributed by atoms with Crippen LogP contribution < -0.4 is 5.46 Å². The van der Waals surface area contributed by atoms with E-state index in [1.54, 1.807) is 5.56 Å². The van der Waals surface area contributed by atoms with E-state index in [0.717, 1.165) is 5.46 Å². The maximum atomic E-state index is 6.27. The molecule has 7 fully saturated rings. The van der Waals surface area contributed by atoms with Gasteiger partial charge in [0, 0.05) is 0 Å². The number of hydrogen-bond acceptors (Lipinski definition) is 2. The number of hydrogen-bond donors (Lipinski definition) is 0. The van der Waals surface area contributed by atoms with E-state index in [9.17, 15) is 0 Å². The van der Waals surface area contributed by atoms with Crippen molar-refractivity contribution in [1.82, 2.24) is 0 Å². The van der Waals surface area contributed by atoms with Gasteiger partial charge in [0.25, 0.3) is 0 Å². The van der Waals surface area contributed by atoms with Gasteiger partial charge in [0.2, 0.25) is 0 Å². The summed E-state index contributed by atoms with van der Waals surface area (Å²) in [5.74, 6) is 0. The Morgan fingerprint density at radius 2 is 0.727 bits per heavy atom. The normalized spacial score (nSPS) is 33.5. The molecule has 11 rings (SSSR count). The molecule has 1 aliphatic heterocycles. The number of rotatable bonds is 6. The largest absolute Gasteiger partial charge is 0.494 e. The predicted octanol–water partition coefficient (Wildman–Crippen LogP) is 8.71. The molecule has 0 spiro atoms. The van der Waals surface area contributed by atoms with Gasteiger partial charge in [-0.25, -0.2) is 0 Å². The first-order valence-corrected chi connectivity index (χ1v) is 16.7. The Morgan fingerprint density at radius 3 is 1.07 bits per heavy atom.